The molecule has 0 atom stereocenters. The van der Waals surface area contributed by atoms with Crippen molar-refractivity contribution in [2.45, 2.75) is 25.8 Å². The normalized spacial score (nSPS) is 19.1. The summed E-state index contributed by atoms with van der Waals surface area (Å²) < 4.78 is 0. The Morgan fingerprint density at radius 1 is 1.08 bits per heavy atom. The van der Waals surface area contributed by atoms with Gasteiger partial charge in [0.05, 0.1) is 6.54 Å². The molecule has 2 aliphatic heterocycles. The quantitative estimate of drug-likeness (QED) is 0.858. The summed E-state index contributed by atoms with van der Waals surface area (Å²) >= 11 is 0. The van der Waals surface area contributed by atoms with Gasteiger partial charge in [0.15, 0.2) is 0 Å². The highest BCUT2D eigenvalue weighted by molar-refractivity contribution is 5.85. The van der Waals surface area contributed by atoms with Crippen molar-refractivity contribution in [3.63, 3.8) is 0 Å². The molecule has 7 heteroatoms. The Labute approximate surface area is 163 Å². The van der Waals surface area contributed by atoms with Crippen LogP contribution in [0.5, 0.6) is 0 Å². The van der Waals surface area contributed by atoms with E-state index in [2.05, 4.69) is 41.0 Å². The van der Waals surface area contributed by atoms with Crippen molar-refractivity contribution >= 4 is 36.4 Å². The lowest BCUT2D eigenvalue weighted by Gasteiger charge is -2.38. The Bertz CT molecular complexity index is 542. The average Bonchev–Trinajstić information content (AvgIpc) is 2.57. The van der Waals surface area contributed by atoms with E-state index in [4.69, 9.17) is 5.73 Å². The number of carbonyl (C=O) groups excluding carboxylic acids is 1. The van der Waals surface area contributed by atoms with Crippen LogP contribution in [0.25, 0.3) is 0 Å². The number of likely N-dealkylation sites (tertiary alicyclic amines) is 1. The predicted octanol–water partition coefficient (Wildman–Crippen LogP) is 1.91. The molecule has 2 aliphatic rings. The molecule has 0 aromatic heterocycles. The number of piperazine rings is 1. The van der Waals surface area contributed by atoms with Crippen LogP contribution < -0.4 is 10.6 Å². The smallest absolute Gasteiger partial charge is 0.236 e. The number of rotatable bonds is 3. The van der Waals surface area contributed by atoms with E-state index in [0.717, 1.165) is 52.1 Å². The fourth-order valence-corrected chi connectivity index (χ4v) is 3.44. The van der Waals surface area contributed by atoms with E-state index in [-0.39, 0.29) is 30.7 Å². The zero-order valence-corrected chi connectivity index (χ0v) is 16.5. The van der Waals surface area contributed by atoms with Gasteiger partial charge in [-0.2, -0.15) is 0 Å². The highest BCUT2D eigenvalue weighted by Gasteiger charge is 2.24. The summed E-state index contributed by atoms with van der Waals surface area (Å²) in [5.74, 6) is 0.268. The molecule has 2 N–H and O–H groups in total. The lowest BCUT2D eigenvalue weighted by molar-refractivity contribution is -0.133. The number of nitrogens with two attached hydrogens (primary N) is 1. The average molecular weight is 389 g/mol. The van der Waals surface area contributed by atoms with E-state index in [1.807, 2.05) is 4.90 Å². The van der Waals surface area contributed by atoms with Gasteiger partial charge in [0.2, 0.25) is 5.91 Å². The fraction of sp³-hybridized carbons (Fsp3) is 0.611. The number of benzene rings is 1. The molecule has 25 heavy (non-hydrogen) atoms. The third kappa shape index (κ3) is 6.03. The van der Waals surface area contributed by atoms with Crippen molar-refractivity contribution in [2.24, 2.45) is 5.73 Å². The molecule has 2 saturated heterocycles. The molecule has 2 fully saturated rings. The Hall–Kier alpha value is -1.01. The number of nitrogens with zero attached hydrogens (tertiary/aromatic N) is 3. The van der Waals surface area contributed by atoms with Crippen LogP contribution in [0, 0.1) is 6.92 Å². The molecule has 1 amide bonds. The Morgan fingerprint density at radius 2 is 1.72 bits per heavy atom. The third-order valence-corrected chi connectivity index (χ3v) is 4.99. The van der Waals surface area contributed by atoms with Crippen LogP contribution in [0.3, 0.4) is 0 Å². The number of carbonyl (C=O) groups is 1. The van der Waals surface area contributed by atoms with Crippen molar-refractivity contribution in [2.75, 3.05) is 50.7 Å². The molecule has 0 bridgehead atoms. The number of anilines is 1. The van der Waals surface area contributed by atoms with Crippen molar-refractivity contribution in [1.82, 2.24) is 9.80 Å². The number of halogens is 2. The van der Waals surface area contributed by atoms with Crippen molar-refractivity contribution in [3.8, 4) is 0 Å². The zero-order valence-electron chi connectivity index (χ0n) is 14.9. The molecular formula is C18H30Cl2N4O. The van der Waals surface area contributed by atoms with Crippen LogP contribution in [0.15, 0.2) is 24.3 Å². The first kappa shape index (κ1) is 22.0. The second kappa shape index (κ2) is 10.2. The van der Waals surface area contributed by atoms with Gasteiger partial charge in [0, 0.05) is 51.0 Å². The molecule has 3 rings (SSSR count). The number of hydrogen-bond acceptors (Lipinski definition) is 4. The molecule has 5 nitrogen and oxygen atoms in total. The molecule has 0 aliphatic carbocycles. The minimum Gasteiger partial charge on any atom is -0.368 e. The Morgan fingerprint density at radius 3 is 2.32 bits per heavy atom. The van der Waals surface area contributed by atoms with Crippen LogP contribution >= 0.6 is 24.8 Å². The maximum absolute atomic E-state index is 12.5. The van der Waals surface area contributed by atoms with E-state index in [0.29, 0.717) is 12.6 Å². The van der Waals surface area contributed by atoms with Crippen LogP contribution in [-0.4, -0.2) is 67.6 Å². The van der Waals surface area contributed by atoms with Crippen molar-refractivity contribution < 1.29 is 4.79 Å². The second-order valence-corrected chi connectivity index (χ2v) is 6.82. The van der Waals surface area contributed by atoms with Crippen LogP contribution in [0.1, 0.15) is 18.4 Å². The molecule has 0 radical (unpaired) electrons. The van der Waals surface area contributed by atoms with Crippen LogP contribution in [-0.2, 0) is 4.79 Å². The lowest BCUT2D eigenvalue weighted by atomic mass is 10.1. The topological polar surface area (TPSA) is 52.8 Å². The van der Waals surface area contributed by atoms with E-state index in [9.17, 15) is 4.79 Å². The first-order valence-corrected chi connectivity index (χ1v) is 8.69. The summed E-state index contributed by atoms with van der Waals surface area (Å²) in [7, 11) is 0. The Balaban J connectivity index is 0.00000156. The summed E-state index contributed by atoms with van der Waals surface area (Å²) in [6.45, 7) is 8.05. The number of hydrogen-bond donors (Lipinski definition) is 1. The fourth-order valence-electron chi connectivity index (χ4n) is 3.44. The van der Waals surface area contributed by atoms with Gasteiger partial charge < -0.3 is 15.5 Å². The minimum atomic E-state index is 0. The minimum absolute atomic E-state index is 0. The SMILES string of the molecule is Cc1cccc(N2CCN(C(=O)CN3CCC(N)CC3)CC2)c1.Cl.Cl. The van der Waals surface area contributed by atoms with Gasteiger partial charge in [0.1, 0.15) is 0 Å². The number of aryl methyl sites for hydroxylation is 1. The maximum Gasteiger partial charge on any atom is 0.236 e. The van der Waals surface area contributed by atoms with Gasteiger partial charge in [-0.25, -0.2) is 0 Å². The molecule has 0 unspecified atom stereocenters. The first-order valence-electron chi connectivity index (χ1n) is 8.69. The lowest BCUT2D eigenvalue weighted by Crippen LogP contribution is -2.52. The van der Waals surface area contributed by atoms with E-state index in [1.54, 1.807) is 0 Å². The molecule has 2 heterocycles. The van der Waals surface area contributed by atoms with Crippen LogP contribution in [0.4, 0.5) is 5.69 Å². The van der Waals surface area contributed by atoms with Gasteiger partial charge in [-0.1, -0.05) is 12.1 Å². The monoisotopic (exact) mass is 388 g/mol. The van der Waals surface area contributed by atoms with Crippen molar-refractivity contribution in [1.29, 1.82) is 0 Å². The molecular weight excluding hydrogens is 359 g/mol. The third-order valence-electron chi connectivity index (χ3n) is 4.99. The van der Waals surface area contributed by atoms with Gasteiger partial charge in [-0.15, -0.1) is 24.8 Å². The van der Waals surface area contributed by atoms with E-state index in [1.165, 1.54) is 11.3 Å². The highest BCUT2D eigenvalue weighted by Crippen LogP contribution is 2.18. The number of amides is 1. The summed E-state index contributed by atoms with van der Waals surface area (Å²) in [4.78, 5) is 19.1. The Kier molecular flexibility index (Phi) is 9.00. The summed E-state index contributed by atoms with van der Waals surface area (Å²) in [5.41, 5.74) is 8.47. The van der Waals surface area contributed by atoms with Gasteiger partial charge in [0.25, 0.3) is 0 Å². The largest absolute Gasteiger partial charge is 0.368 e. The maximum atomic E-state index is 12.5. The molecule has 142 valence electrons. The summed E-state index contributed by atoms with van der Waals surface area (Å²) in [6, 6.07) is 8.91. The predicted molar refractivity (Wildman–Crippen MR) is 108 cm³/mol. The van der Waals surface area contributed by atoms with Gasteiger partial charge in [-0.05, 0) is 37.5 Å². The molecule has 1 aromatic rings. The highest BCUT2D eigenvalue weighted by atomic mass is 35.5. The van der Waals surface area contributed by atoms with Crippen molar-refractivity contribution in [3.05, 3.63) is 29.8 Å². The molecule has 1 aromatic carbocycles. The van der Waals surface area contributed by atoms with Gasteiger partial charge in [-0.3, -0.25) is 9.69 Å². The number of piperidine rings is 1. The standard InChI is InChI=1S/C18H28N4O.2ClH/c1-15-3-2-4-17(13-15)21-9-11-22(12-10-21)18(23)14-20-7-5-16(19)6-8-20;;/h2-4,13,16H,5-12,14,19H2,1H3;2*1H. The second-order valence-electron chi connectivity index (χ2n) is 6.82. The van der Waals surface area contributed by atoms with E-state index < -0.39 is 0 Å². The molecule has 0 spiro atoms. The molecule has 0 saturated carbocycles. The zero-order chi connectivity index (χ0) is 16.2. The van der Waals surface area contributed by atoms with Gasteiger partial charge >= 0.3 is 0 Å². The van der Waals surface area contributed by atoms with E-state index >= 15 is 0 Å². The summed E-state index contributed by atoms with van der Waals surface area (Å²) in [5, 5.41) is 0. The summed E-state index contributed by atoms with van der Waals surface area (Å²) in [6.07, 6.45) is 2.02. The first-order chi connectivity index (χ1) is 11.1. The van der Waals surface area contributed by atoms with Crippen LogP contribution in [0.2, 0.25) is 0 Å².